The minimum absolute atomic E-state index is 0.160. The molecule has 0 bridgehead atoms. The number of hydrogen-bond acceptors (Lipinski definition) is 2. The molecule has 1 unspecified atom stereocenters. The van der Waals surface area contributed by atoms with Crippen LogP contribution < -0.4 is 0 Å². The maximum absolute atomic E-state index is 11.9. The molecule has 1 aromatic rings. The fourth-order valence-electron chi connectivity index (χ4n) is 1.89. The minimum atomic E-state index is -0.461. The molecule has 0 fully saturated rings. The first-order valence-electron chi connectivity index (χ1n) is 5.88. The Kier molecular flexibility index (Phi) is 2.82. The van der Waals surface area contributed by atoms with Crippen LogP contribution in [0.15, 0.2) is 29.8 Å². The third-order valence-corrected chi connectivity index (χ3v) is 2.91. The second-order valence-electron chi connectivity index (χ2n) is 5.55. The van der Waals surface area contributed by atoms with E-state index in [2.05, 4.69) is 6.08 Å². The molecule has 90 valence electrons. The van der Waals surface area contributed by atoms with Crippen molar-refractivity contribution in [1.29, 1.82) is 0 Å². The molecule has 1 atom stereocenters. The van der Waals surface area contributed by atoms with Gasteiger partial charge in [-0.3, -0.25) is 4.79 Å². The highest BCUT2D eigenvalue weighted by Gasteiger charge is 2.30. The zero-order valence-electron chi connectivity index (χ0n) is 10.8. The van der Waals surface area contributed by atoms with Crippen molar-refractivity contribution >= 4 is 12.0 Å². The highest BCUT2D eigenvalue weighted by Crippen LogP contribution is 2.37. The van der Waals surface area contributed by atoms with E-state index in [0.29, 0.717) is 0 Å². The molecule has 0 N–H and O–H groups in total. The van der Waals surface area contributed by atoms with Crippen molar-refractivity contribution in [3.63, 3.8) is 0 Å². The van der Waals surface area contributed by atoms with Gasteiger partial charge < -0.3 is 4.74 Å². The Labute approximate surface area is 102 Å². The van der Waals surface area contributed by atoms with Crippen LogP contribution >= 0.6 is 0 Å². The SMILES string of the molecule is CC1=Cc2ccccc2C1OC(=O)C(C)(C)C. The standard InChI is InChI=1S/C15H18O2/c1-10-9-11-7-5-6-8-12(11)13(10)17-14(16)15(2,3)4/h5-9,13H,1-4H3. The maximum atomic E-state index is 11.9. The van der Waals surface area contributed by atoms with Crippen molar-refractivity contribution in [2.75, 3.05) is 0 Å². The molecular formula is C15H18O2. The number of carbonyl (C=O) groups excluding carboxylic acids is 1. The summed E-state index contributed by atoms with van der Waals surface area (Å²) in [5.41, 5.74) is 2.86. The topological polar surface area (TPSA) is 26.3 Å². The van der Waals surface area contributed by atoms with Gasteiger partial charge in [0.2, 0.25) is 0 Å². The fraction of sp³-hybridized carbons (Fsp3) is 0.400. The molecule has 0 amide bonds. The number of rotatable bonds is 1. The summed E-state index contributed by atoms with van der Waals surface area (Å²) in [6.07, 6.45) is 1.87. The van der Waals surface area contributed by atoms with Gasteiger partial charge in [0.15, 0.2) is 0 Å². The summed E-state index contributed by atoms with van der Waals surface area (Å²) in [6, 6.07) is 8.03. The second-order valence-corrected chi connectivity index (χ2v) is 5.55. The predicted octanol–water partition coefficient (Wildman–Crippen LogP) is 3.73. The molecule has 0 heterocycles. The summed E-state index contributed by atoms with van der Waals surface area (Å²) in [5.74, 6) is -0.160. The molecule has 0 saturated heterocycles. The predicted molar refractivity (Wildman–Crippen MR) is 68.4 cm³/mol. The van der Waals surface area contributed by atoms with Crippen LogP contribution in [0, 0.1) is 5.41 Å². The van der Waals surface area contributed by atoms with Crippen LogP contribution in [0.3, 0.4) is 0 Å². The number of carbonyl (C=O) groups is 1. The number of hydrogen-bond donors (Lipinski definition) is 0. The van der Waals surface area contributed by atoms with Crippen LogP contribution in [0.4, 0.5) is 0 Å². The summed E-state index contributed by atoms with van der Waals surface area (Å²) in [4.78, 5) is 11.9. The minimum Gasteiger partial charge on any atom is -0.452 e. The highest BCUT2D eigenvalue weighted by molar-refractivity contribution is 5.77. The molecule has 2 rings (SSSR count). The van der Waals surface area contributed by atoms with Crippen LogP contribution in [0.2, 0.25) is 0 Å². The highest BCUT2D eigenvalue weighted by atomic mass is 16.5. The van der Waals surface area contributed by atoms with Crippen molar-refractivity contribution in [1.82, 2.24) is 0 Å². The lowest BCUT2D eigenvalue weighted by atomic mass is 9.97. The lowest BCUT2D eigenvalue weighted by molar-refractivity contribution is -0.157. The largest absolute Gasteiger partial charge is 0.452 e. The van der Waals surface area contributed by atoms with E-state index in [4.69, 9.17) is 4.74 Å². The van der Waals surface area contributed by atoms with E-state index in [1.54, 1.807) is 0 Å². The summed E-state index contributed by atoms with van der Waals surface area (Å²) < 4.78 is 5.61. The van der Waals surface area contributed by atoms with Crippen LogP contribution in [-0.2, 0) is 9.53 Å². The Morgan fingerprint density at radius 3 is 2.53 bits per heavy atom. The van der Waals surface area contributed by atoms with Crippen molar-refractivity contribution in [2.24, 2.45) is 5.41 Å². The van der Waals surface area contributed by atoms with E-state index < -0.39 is 5.41 Å². The van der Waals surface area contributed by atoms with Gasteiger partial charge in [0.25, 0.3) is 0 Å². The first-order chi connectivity index (χ1) is 7.89. The third kappa shape index (κ3) is 2.26. The van der Waals surface area contributed by atoms with Gasteiger partial charge in [-0.2, -0.15) is 0 Å². The summed E-state index contributed by atoms with van der Waals surface area (Å²) >= 11 is 0. The van der Waals surface area contributed by atoms with Gasteiger partial charge in [0.05, 0.1) is 5.41 Å². The Bertz CT molecular complexity index is 478. The van der Waals surface area contributed by atoms with E-state index in [1.165, 1.54) is 0 Å². The molecule has 0 aliphatic heterocycles. The lowest BCUT2D eigenvalue weighted by Gasteiger charge is -2.22. The van der Waals surface area contributed by atoms with Crippen LogP contribution in [-0.4, -0.2) is 5.97 Å². The first-order valence-corrected chi connectivity index (χ1v) is 5.88. The van der Waals surface area contributed by atoms with Gasteiger partial charge in [-0.1, -0.05) is 30.3 Å². The van der Waals surface area contributed by atoms with Gasteiger partial charge >= 0.3 is 5.97 Å². The van der Waals surface area contributed by atoms with Gasteiger partial charge in [0.1, 0.15) is 6.10 Å². The van der Waals surface area contributed by atoms with Crippen LogP contribution in [0.1, 0.15) is 44.9 Å². The Morgan fingerprint density at radius 2 is 1.88 bits per heavy atom. The normalized spacial score (nSPS) is 18.6. The van der Waals surface area contributed by atoms with Crippen LogP contribution in [0.5, 0.6) is 0 Å². The Hall–Kier alpha value is -1.57. The van der Waals surface area contributed by atoms with Gasteiger partial charge in [-0.15, -0.1) is 0 Å². The van der Waals surface area contributed by atoms with E-state index in [0.717, 1.165) is 16.7 Å². The number of fused-ring (bicyclic) bond motifs is 1. The van der Waals surface area contributed by atoms with Gasteiger partial charge in [-0.25, -0.2) is 0 Å². The number of esters is 1. The van der Waals surface area contributed by atoms with E-state index in [1.807, 2.05) is 52.0 Å². The first kappa shape index (κ1) is 11.9. The molecule has 0 spiro atoms. The van der Waals surface area contributed by atoms with E-state index >= 15 is 0 Å². The van der Waals surface area contributed by atoms with Crippen molar-refractivity contribution < 1.29 is 9.53 Å². The van der Waals surface area contributed by atoms with Crippen molar-refractivity contribution in [3.8, 4) is 0 Å². The fourth-order valence-corrected chi connectivity index (χ4v) is 1.89. The molecule has 2 heteroatoms. The summed E-state index contributed by atoms with van der Waals surface area (Å²) in [7, 11) is 0. The number of benzene rings is 1. The third-order valence-electron chi connectivity index (χ3n) is 2.91. The zero-order chi connectivity index (χ0) is 12.6. The molecule has 0 radical (unpaired) electrons. The monoisotopic (exact) mass is 230 g/mol. The average Bonchev–Trinajstić information content (AvgIpc) is 2.54. The molecule has 1 aliphatic carbocycles. The van der Waals surface area contributed by atoms with Gasteiger partial charge in [-0.05, 0) is 38.8 Å². The maximum Gasteiger partial charge on any atom is 0.312 e. The smallest absolute Gasteiger partial charge is 0.312 e. The Morgan fingerprint density at radius 1 is 1.24 bits per heavy atom. The van der Waals surface area contributed by atoms with Crippen molar-refractivity contribution in [2.45, 2.75) is 33.8 Å². The molecule has 1 aromatic carbocycles. The second kappa shape index (κ2) is 4.02. The molecule has 0 aromatic heterocycles. The molecule has 2 nitrogen and oxygen atoms in total. The summed E-state index contributed by atoms with van der Waals surface area (Å²) in [6.45, 7) is 7.61. The summed E-state index contributed by atoms with van der Waals surface area (Å²) in [5, 5.41) is 0. The van der Waals surface area contributed by atoms with Crippen molar-refractivity contribution in [3.05, 3.63) is 41.0 Å². The number of ether oxygens (including phenoxy) is 1. The molecule has 1 aliphatic rings. The molecular weight excluding hydrogens is 212 g/mol. The quantitative estimate of drug-likeness (QED) is 0.687. The van der Waals surface area contributed by atoms with E-state index in [9.17, 15) is 4.79 Å². The van der Waals surface area contributed by atoms with E-state index in [-0.39, 0.29) is 12.1 Å². The molecule has 0 saturated carbocycles. The van der Waals surface area contributed by atoms with Crippen LogP contribution in [0.25, 0.3) is 6.08 Å². The lowest BCUT2D eigenvalue weighted by Crippen LogP contribution is -2.24. The van der Waals surface area contributed by atoms with Gasteiger partial charge in [0, 0.05) is 5.56 Å². The molecule has 17 heavy (non-hydrogen) atoms. The Balaban J connectivity index is 2.24. The zero-order valence-corrected chi connectivity index (χ0v) is 10.8. The average molecular weight is 230 g/mol.